The standard InChI is InChI=1S/C25H32N2O6/c1-5-31-21-14-18(15-22(32-6-2)24(21)33-7-3)25(29)26-19-10-11-20-17(13-19)9-8-12-27(20)23(28)16-30-4/h10-11,13-15H,5-9,12,16H2,1-4H3,(H,26,29). The van der Waals surface area contributed by atoms with Gasteiger partial charge in [-0.15, -0.1) is 0 Å². The molecule has 0 radical (unpaired) electrons. The second kappa shape index (κ2) is 11.6. The average molecular weight is 457 g/mol. The van der Waals surface area contributed by atoms with Crippen LogP contribution in [-0.4, -0.2) is 51.9 Å². The number of fused-ring (bicyclic) bond motifs is 1. The summed E-state index contributed by atoms with van der Waals surface area (Å²) in [6, 6.07) is 8.91. The van der Waals surface area contributed by atoms with Crippen molar-refractivity contribution in [2.45, 2.75) is 33.6 Å². The Kier molecular flexibility index (Phi) is 8.54. The van der Waals surface area contributed by atoms with Gasteiger partial charge in [0.2, 0.25) is 5.75 Å². The van der Waals surface area contributed by atoms with E-state index in [2.05, 4.69) is 5.32 Å². The molecule has 0 unspecified atom stereocenters. The topological polar surface area (TPSA) is 86.3 Å². The van der Waals surface area contributed by atoms with E-state index in [1.165, 1.54) is 7.11 Å². The quantitative estimate of drug-likeness (QED) is 0.580. The maximum Gasteiger partial charge on any atom is 0.255 e. The maximum atomic E-state index is 13.1. The lowest BCUT2D eigenvalue weighted by Gasteiger charge is -2.29. The molecule has 8 nitrogen and oxygen atoms in total. The normalized spacial score (nSPS) is 12.7. The molecule has 3 rings (SSSR count). The predicted octanol–water partition coefficient (Wildman–Crippen LogP) is 4.06. The Morgan fingerprint density at radius 3 is 2.24 bits per heavy atom. The molecule has 1 N–H and O–H groups in total. The molecule has 0 aliphatic carbocycles. The summed E-state index contributed by atoms with van der Waals surface area (Å²) in [5.74, 6) is 1.06. The highest BCUT2D eigenvalue weighted by atomic mass is 16.5. The molecule has 8 heteroatoms. The molecule has 0 aromatic heterocycles. The van der Waals surface area contributed by atoms with Gasteiger partial charge in [0.05, 0.1) is 19.8 Å². The van der Waals surface area contributed by atoms with Gasteiger partial charge in [0.15, 0.2) is 11.5 Å². The molecule has 0 bridgehead atoms. The first-order valence-corrected chi connectivity index (χ1v) is 11.3. The van der Waals surface area contributed by atoms with Crippen LogP contribution >= 0.6 is 0 Å². The van der Waals surface area contributed by atoms with E-state index in [1.54, 1.807) is 23.1 Å². The van der Waals surface area contributed by atoms with Gasteiger partial charge in [-0.3, -0.25) is 9.59 Å². The summed E-state index contributed by atoms with van der Waals surface area (Å²) in [5.41, 5.74) is 2.93. The zero-order valence-electron chi connectivity index (χ0n) is 19.7. The van der Waals surface area contributed by atoms with Crippen molar-refractivity contribution in [1.82, 2.24) is 0 Å². The third-order valence-corrected chi connectivity index (χ3v) is 5.20. The van der Waals surface area contributed by atoms with Gasteiger partial charge in [0.1, 0.15) is 6.61 Å². The van der Waals surface area contributed by atoms with Crippen molar-refractivity contribution < 1.29 is 28.5 Å². The number of rotatable bonds is 10. The van der Waals surface area contributed by atoms with Crippen molar-refractivity contribution in [3.05, 3.63) is 41.5 Å². The summed E-state index contributed by atoms with van der Waals surface area (Å²) in [5, 5.41) is 2.95. The maximum absolute atomic E-state index is 13.1. The van der Waals surface area contributed by atoms with Gasteiger partial charge in [-0.05, 0) is 69.5 Å². The van der Waals surface area contributed by atoms with Crippen LogP contribution in [0.5, 0.6) is 17.2 Å². The van der Waals surface area contributed by atoms with Crippen molar-refractivity contribution in [3.8, 4) is 17.2 Å². The number of benzene rings is 2. The third-order valence-electron chi connectivity index (χ3n) is 5.20. The van der Waals surface area contributed by atoms with Crippen LogP contribution in [0.15, 0.2) is 30.3 Å². The smallest absolute Gasteiger partial charge is 0.255 e. The minimum atomic E-state index is -0.289. The van der Waals surface area contributed by atoms with Crippen molar-refractivity contribution in [1.29, 1.82) is 0 Å². The van der Waals surface area contributed by atoms with Gasteiger partial charge in [0.25, 0.3) is 11.8 Å². The van der Waals surface area contributed by atoms with Crippen LogP contribution in [0.4, 0.5) is 11.4 Å². The molecule has 178 valence electrons. The number of hydrogen-bond donors (Lipinski definition) is 1. The highest BCUT2D eigenvalue weighted by Gasteiger charge is 2.23. The van der Waals surface area contributed by atoms with Crippen LogP contribution in [0.2, 0.25) is 0 Å². The number of anilines is 2. The number of nitrogens with zero attached hydrogens (tertiary/aromatic N) is 1. The molecule has 0 saturated carbocycles. The second-order valence-corrected chi connectivity index (χ2v) is 7.48. The fourth-order valence-corrected chi connectivity index (χ4v) is 3.86. The van der Waals surface area contributed by atoms with Crippen LogP contribution in [-0.2, 0) is 16.0 Å². The lowest BCUT2D eigenvalue weighted by Crippen LogP contribution is -2.37. The van der Waals surface area contributed by atoms with E-state index in [0.29, 0.717) is 54.9 Å². The van der Waals surface area contributed by atoms with E-state index in [-0.39, 0.29) is 18.4 Å². The Morgan fingerprint density at radius 1 is 0.970 bits per heavy atom. The van der Waals surface area contributed by atoms with Crippen LogP contribution in [0.25, 0.3) is 0 Å². The van der Waals surface area contributed by atoms with Gasteiger partial charge in [-0.25, -0.2) is 0 Å². The lowest BCUT2D eigenvalue weighted by molar-refractivity contribution is -0.122. The van der Waals surface area contributed by atoms with E-state index >= 15 is 0 Å². The molecular weight excluding hydrogens is 424 g/mol. The predicted molar refractivity (Wildman–Crippen MR) is 127 cm³/mol. The van der Waals surface area contributed by atoms with E-state index in [9.17, 15) is 9.59 Å². The number of carbonyl (C=O) groups excluding carboxylic acids is 2. The van der Waals surface area contributed by atoms with E-state index in [4.69, 9.17) is 18.9 Å². The van der Waals surface area contributed by atoms with Crippen LogP contribution < -0.4 is 24.4 Å². The summed E-state index contributed by atoms with van der Waals surface area (Å²) in [6.07, 6.45) is 1.69. The Hall–Kier alpha value is -3.26. The highest BCUT2D eigenvalue weighted by molar-refractivity contribution is 6.05. The molecular formula is C25H32N2O6. The van der Waals surface area contributed by atoms with Gasteiger partial charge in [0, 0.05) is 30.6 Å². The molecule has 2 amide bonds. The van der Waals surface area contributed by atoms with E-state index < -0.39 is 0 Å². The number of hydrogen-bond acceptors (Lipinski definition) is 6. The number of aryl methyl sites for hydroxylation is 1. The molecule has 0 fully saturated rings. The summed E-state index contributed by atoms with van der Waals surface area (Å²) in [4.78, 5) is 27.2. The first kappa shape index (κ1) is 24.4. The van der Waals surface area contributed by atoms with Crippen LogP contribution in [0.1, 0.15) is 43.1 Å². The average Bonchev–Trinajstić information content (AvgIpc) is 2.80. The van der Waals surface area contributed by atoms with Crippen molar-refractivity contribution in [2.75, 3.05) is 50.3 Å². The summed E-state index contributed by atoms with van der Waals surface area (Å²) in [6.45, 7) is 7.64. The number of carbonyl (C=O) groups is 2. The lowest BCUT2D eigenvalue weighted by atomic mass is 10.0. The molecule has 2 aromatic carbocycles. The Labute approximate surface area is 194 Å². The number of ether oxygens (including phenoxy) is 4. The molecule has 1 heterocycles. The fourth-order valence-electron chi connectivity index (χ4n) is 3.86. The molecule has 0 spiro atoms. The molecule has 1 aliphatic heterocycles. The molecule has 33 heavy (non-hydrogen) atoms. The minimum absolute atomic E-state index is 0.0417. The highest BCUT2D eigenvalue weighted by Crippen LogP contribution is 2.39. The number of amides is 2. The summed E-state index contributed by atoms with van der Waals surface area (Å²) in [7, 11) is 1.51. The first-order valence-electron chi connectivity index (χ1n) is 11.3. The Morgan fingerprint density at radius 2 is 1.64 bits per heavy atom. The monoisotopic (exact) mass is 456 g/mol. The summed E-state index contributed by atoms with van der Waals surface area (Å²) >= 11 is 0. The SMILES string of the molecule is CCOc1cc(C(=O)Nc2ccc3c(c2)CCCN3C(=O)COC)cc(OCC)c1OCC. The molecule has 0 saturated heterocycles. The first-order chi connectivity index (χ1) is 16.0. The Bertz CT molecular complexity index is 964. The zero-order valence-corrected chi connectivity index (χ0v) is 19.7. The van der Waals surface area contributed by atoms with E-state index in [1.807, 2.05) is 32.9 Å². The zero-order chi connectivity index (χ0) is 23.8. The van der Waals surface area contributed by atoms with Crippen molar-refractivity contribution >= 4 is 23.2 Å². The second-order valence-electron chi connectivity index (χ2n) is 7.48. The van der Waals surface area contributed by atoms with Crippen LogP contribution in [0, 0.1) is 0 Å². The fraction of sp³-hybridized carbons (Fsp3) is 0.440. The van der Waals surface area contributed by atoms with Gasteiger partial charge >= 0.3 is 0 Å². The van der Waals surface area contributed by atoms with E-state index in [0.717, 1.165) is 24.1 Å². The van der Waals surface area contributed by atoms with Gasteiger partial charge < -0.3 is 29.2 Å². The van der Waals surface area contributed by atoms with Crippen molar-refractivity contribution in [3.63, 3.8) is 0 Å². The number of methoxy groups -OCH3 is 1. The largest absolute Gasteiger partial charge is 0.490 e. The van der Waals surface area contributed by atoms with Gasteiger partial charge in [-0.1, -0.05) is 0 Å². The molecule has 1 aliphatic rings. The molecule has 2 aromatic rings. The number of nitrogens with one attached hydrogen (secondary N) is 1. The Balaban J connectivity index is 1.86. The molecule has 0 atom stereocenters. The van der Waals surface area contributed by atoms with Crippen molar-refractivity contribution in [2.24, 2.45) is 0 Å². The summed E-state index contributed by atoms with van der Waals surface area (Å²) < 4.78 is 22.1. The van der Waals surface area contributed by atoms with Gasteiger partial charge in [-0.2, -0.15) is 0 Å². The minimum Gasteiger partial charge on any atom is -0.490 e. The third kappa shape index (κ3) is 5.76. The van der Waals surface area contributed by atoms with Crippen LogP contribution in [0.3, 0.4) is 0 Å².